The van der Waals surface area contributed by atoms with Gasteiger partial charge in [-0.3, -0.25) is 0 Å². The molecule has 2 unspecified atom stereocenters. The van der Waals surface area contributed by atoms with Crippen molar-refractivity contribution in [3.8, 4) is 11.5 Å². The van der Waals surface area contributed by atoms with Crippen LogP contribution in [-0.2, 0) is 40.6 Å². The van der Waals surface area contributed by atoms with Crippen LogP contribution in [0.25, 0.3) is 10.9 Å². The summed E-state index contributed by atoms with van der Waals surface area (Å²) in [5.74, 6) is 1.67. The van der Waals surface area contributed by atoms with Gasteiger partial charge in [0, 0.05) is 60.6 Å². The number of piperidine rings is 1. The van der Waals surface area contributed by atoms with Crippen molar-refractivity contribution in [1.82, 2.24) is 20.1 Å². The Morgan fingerprint density at radius 2 is 1.68 bits per heavy atom. The quantitative estimate of drug-likeness (QED) is 0.0907. The lowest BCUT2D eigenvalue weighted by molar-refractivity contribution is -0.0247. The number of nitrogens with zero attached hydrogens (tertiary/aromatic N) is 2. The second-order valence-electron chi connectivity index (χ2n) is 13.8. The van der Waals surface area contributed by atoms with Gasteiger partial charge in [-0.25, -0.2) is 9.59 Å². The third-order valence-corrected chi connectivity index (χ3v) is 10.9. The van der Waals surface area contributed by atoms with Crippen LogP contribution in [0.1, 0.15) is 46.6 Å². The van der Waals surface area contributed by atoms with E-state index in [0.717, 1.165) is 67.5 Å². The minimum absolute atomic E-state index is 0.0509. The monoisotopic (exact) mass is 826 g/mol. The molecule has 56 heavy (non-hydrogen) atoms. The summed E-state index contributed by atoms with van der Waals surface area (Å²) < 4.78 is 32.9. The van der Waals surface area contributed by atoms with E-state index < -0.39 is 0 Å². The number of carbonyl (C=O) groups is 2. The topological polar surface area (TPSA) is 113 Å². The van der Waals surface area contributed by atoms with E-state index in [0.29, 0.717) is 52.6 Å². The van der Waals surface area contributed by atoms with E-state index in [1.807, 2.05) is 66.7 Å². The molecule has 11 nitrogen and oxygen atoms in total. The second kappa shape index (κ2) is 20.2. The zero-order chi connectivity index (χ0) is 39.3. The van der Waals surface area contributed by atoms with E-state index in [1.54, 1.807) is 19.1 Å². The SMILES string of the molecule is CNC(=O)NCCn1cc(C)c2ccc(COC3CN(C(=O)OCc4ccccc4)CCC3c3ccc(OCCCOCc4ccccc4OC)cc3)c(Br)c21. The molecule has 2 N–H and O–H groups in total. The molecule has 1 aliphatic heterocycles. The molecule has 2 heterocycles. The number of carbonyl (C=O) groups excluding carboxylic acids is 2. The molecule has 0 saturated carbocycles. The fourth-order valence-electron chi connectivity index (χ4n) is 7.05. The number of aromatic nitrogens is 1. The highest BCUT2D eigenvalue weighted by Gasteiger charge is 2.34. The van der Waals surface area contributed by atoms with Crippen LogP contribution in [-0.4, -0.2) is 74.7 Å². The minimum atomic E-state index is -0.349. The normalized spacial score (nSPS) is 15.4. The van der Waals surface area contributed by atoms with Crippen molar-refractivity contribution in [2.45, 2.75) is 58.2 Å². The fourth-order valence-corrected chi connectivity index (χ4v) is 7.73. The number of benzene rings is 4. The number of nitrogens with one attached hydrogen (secondary N) is 2. The maximum absolute atomic E-state index is 13.3. The number of fused-ring (bicyclic) bond motifs is 1. The van der Waals surface area contributed by atoms with Gasteiger partial charge in [-0.05, 0) is 69.7 Å². The Hall–Kier alpha value is -5.04. The predicted octanol–water partition coefficient (Wildman–Crippen LogP) is 8.35. The van der Waals surface area contributed by atoms with E-state index >= 15 is 0 Å². The molecule has 1 saturated heterocycles. The first-order valence-electron chi connectivity index (χ1n) is 19.1. The number of para-hydroxylation sites is 1. The van der Waals surface area contributed by atoms with E-state index in [4.69, 9.17) is 23.7 Å². The lowest BCUT2D eigenvalue weighted by Crippen LogP contribution is -2.47. The largest absolute Gasteiger partial charge is 0.496 e. The molecule has 0 bridgehead atoms. The van der Waals surface area contributed by atoms with Gasteiger partial charge in [0.15, 0.2) is 0 Å². The number of likely N-dealkylation sites (tertiary alicyclic amines) is 1. The molecule has 0 radical (unpaired) electrons. The summed E-state index contributed by atoms with van der Waals surface area (Å²) in [7, 11) is 3.27. The standard InChI is InChI=1S/C44H51BrN4O7/c1-31-26-48(23-21-47-43(50)46-2)42-37(31)19-16-35(41(42)45)30-55-40-27-49(44(51)56-28-32-10-5-4-6-11-32)22-20-38(40)33-14-17-36(18-15-33)54-25-9-24-53-29-34-12-7-8-13-39(34)52-3/h4-8,10-19,26,38,40H,9,20-25,27-30H2,1-3H3,(H2,46,47,50). The van der Waals surface area contributed by atoms with Crippen LogP contribution in [0.4, 0.5) is 9.59 Å². The van der Waals surface area contributed by atoms with Crippen LogP contribution < -0.4 is 20.1 Å². The smallest absolute Gasteiger partial charge is 0.410 e. The zero-order valence-corrected chi connectivity index (χ0v) is 33.9. The molecule has 1 aliphatic rings. The second-order valence-corrected chi connectivity index (χ2v) is 14.6. The Kier molecular flexibility index (Phi) is 14.7. The third-order valence-electron chi connectivity index (χ3n) is 10.1. The van der Waals surface area contributed by atoms with Crippen LogP contribution in [0.15, 0.2) is 102 Å². The van der Waals surface area contributed by atoms with Crippen LogP contribution in [0, 0.1) is 6.92 Å². The first kappa shape index (κ1) is 40.6. The van der Waals surface area contributed by atoms with Gasteiger partial charge >= 0.3 is 12.1 Å². The number of halogens is 1. The highest BCUT2D eigenvalue weighted by molar-refractivity contribution is 9.10. The molecule has 5 aromatic rings. The summed E-state index contributed by atoms with van der Waals surface area (Å²) in [5.41, 5.74) is 6.28. The summed E-state index contributed by atoms with van der Waals surface area (Å²) in [6, 6.07) is 29.8. The first-order chi connectivity index (χ1) is 27.3. The summed E-state index contributed by atoms with van der Waals surface area (Å²) >= 11 is 3.89. The summed E-state index contributed by atoms with van der Waals surface area (Å²) in [5, 5.41) is 6.59. The van der Waals surface area contributed by atoms with Crippen molar-refractivity contribution in [1.29, 1.82) is 0 Å². The number of aryl methyl sites for hydroxylation is 1. The molecule has 0 aliphatic carbocycles. The van der Waals surface area contributed by atoms with E-state index in [1.165, 1.54) is 0 Å². The zero-order valence-electron chi connectivity index (χ0n) is 32.3. The van der Waals surface area contributed by atoms with Gasteiger partial charge < -0.3 is 43.8 Å². The molecule has 12 heteroatoms. The number of amides is 3. The molecule has 1 fully saturated rings. The lowest BCUT2D eigenvalue weighted by atomic mass is 9.87. The molecular formula is C44H51BrN4O7. The van der Waals surface area contributed by atoms with Crippen molar-refractivity contribution in [3.05, 3.63) is 129 Å². The maximum Gasteiger partial charge on any atom is 0.410 e. The Morgan fingerprint density at radius 1 is 0.893 bits per heavy atom. The van der Waals surface area contributed by atoms with Gasteiger partial charge in [0.05, 0.1) is 51.7 Å². The van der Waals surface area contributed by atoms with Crippen LogP contribution >= 0.6 is 15.9 Å². The van der Waals surface area contributed by atoms with Crippen molar-refractivity contribution >= 4 is 39.0 Å². The van der Waals surface area contributed by atoms with E-state index in [2.05, 4.69) is 68.5 Å². The van der Waals surface area contributed by atoms with Crippen LogP contribution in [0.3, 0.4) is 0 Å². The van der Waals surface area contributed by atoms with Gasteiger partial charge in [0.1, 0.15) is 18.1 Å². The average molecular weight is 828 g/mol. The Balaban J connectivity index is 1.10. The first-order valence-corrected chi connectivity index (χ1v) is 19.9. The Bertz CT molecular complexity index is 2040. The van der Waals surface area contributed by atoms with Gasteiger partial charge in [0.25, 0.3) is 0 Å². The van der Waals surface area contributed by atoms with Gasteiger partial charge in [-0.2, -0.15) is 0 Å². The lowest BCUT2D eigenvalue weighted by Gasteiger charge is -2.38. The molecule has 296 valence electrons. The number of ether oxygens (including phenoxy) is 5. The van der Waals surface area contributed by atoms with E-state index in [9.17, 15) is 9.59 Å². The molecule has 4 aromatic carbocycles. The highest BCUT2D eigenvalue weighted by atomic mass is 79.9. The predicted molar refractivity (Wildman–Crippen MR) is 220 cm³/mol. The van der Waals surface area contributed by atoms with E-state index in [-0.39, 0.29) is 30.8 Å². The molecule has 1 aromatic heterocycles. The number of hydrogen-bond donors (Lipinski definition) is 2. The highest BCUT2D eigenvalue weighted by Crippen LogP contribution is 2.35. The minimum Gasteiger partial charge on any atom is -0.496 e. The summed E-state index contributed by atoms with van der Waals surface area (Å²) in [6.45, 7) is 6.28. The number of rotatable bonds is 17. The number of urea groups is 1. The maximum atomic E-state index is 13.3. The molecule has 2 atom stereocenters. The Morgan fingerprint density at radius 3 is 2.46 bits per heavy atom. The van der Waals surface area contributed by atoms with Crippen molar-refractivity contribution in [2.75, 3.05) is 47.0 Å². The molecule has 3 amide bonds. The van der Waals surface area contributed by atoms with Crippen LogP contribution in [0.5, 0.6) is 11.5 Å². The number of methoxy groups -OCH3 is 1. The molecule has 0 spiro atoms. The summed E-state index contributed by atoms with van der Waals surface area (Å²) in [6.07, 6.45) is 2.94. The van der Waals surface area contributed by atoms with Crippen LogP contribution in [0.2, 0.25) is 0 Å². The van der Waals surface area contributed by atoms with Crippen molar-refractivity contribution < 1.29 is 33.3 Å². The third kappa shape index (κ3) is 10.6. The van der Waals surface area contributed by atoms with Crippen molar-refractivity contribution in [3.63, 3.8) is 0 Å². The molecule has 6 rings (SSSR count). The number of hydrogen-bond acceptors (Lipinski definition) is 7. The molecular weight excluding hydrogens is 776 g/mol. The summed E-state index contributed by atoms with van der Waals surface area (Å²) in [4.78, 5) is 26.8. The van der Waals surface area contributed by atoms with Gasteiger partial charge in [-0.1, -0.05) is 72.8 Å². The van der Waals surface area contributed by atoms with Gasteiger partial charge in [0.2, 0.25) is 0 Å². The van der Waals surface area contributed by atoms with Gasteiger partial charge in [-0.15, -0.1) is 0 Å². The Labute approximate surface area is 337 Å². The average Bonchev–Trinajstić information content (AvgIpc) is 3.56. The fraction of sp³-hybridized carbons (Fsp3) is 0.364. The van der Waals surface area contributed by atoms with Crippen molar-refractivity contribution in [2.24, 2.45) is 0 Å².